The molecule has 0 aliphatic rings. The number of fused-ring (bicyclic) bond motifs is 1. The fourth-order valence-electron chi connectivity index (χ4n) is 3.43. The van der Waals surface area contributed by atoms with Crippen LogP contribution < -0.4 is 9.62 Å². The third kappa shape index (κ3) is 4.97. The lowest BCUT2D eigenvalue weighted by atomic mass is 10.1. The molecule has 34 heavy (non-hydrogen) atoms. The average Bonchev–Trinajstić information content (AvgIpc) is 3.15. The second kappa shape index (κ2) is 9.55. The van der Waals surface area contributed by atoms with Crippen LogP contribution in [0.25, 0.3) is 10.1 Å². The normalized spacial score (nSPS) is 12.5. The Morgan fingerprint density at radius 1 is 1.03 bits per heavy atom. The quantitative estimate of drug-likeness (QED) is 0.294. The lowest BCUT2D eigenvalue weighted by molar-refractivity contribution is -0.140. The summed E-state index contributed by atoms with van der Waals surface area (Å²) >= 11 is 1.25. The van der Waals surface area contributed by atoms with Gasteiger partial charge in [-0.2, -0.15) is 13.2 Å². The Balaban J connectivity index is 1.87. The molecule has 4 rings (SSSR count). The number of hydrogen-bond acceptors (Lipinski definition) is 3. The van der Waals surface area contributed by atoms with Crippen molar-refractivity contribution in [3.63, 3.8) is 0 Å². The first kappa shape index (κ1) is 23.9. The number of benzene rings is 3. The van der Waals surface area contributed by atoms with Gasteiger partial charge in [-0.25, -0.2) is 8.60 Å². The molecule has 4 aromatic rings. The number of alkyl halides is 3. The molecule has 0 radical (unpaired) electrons. The Labute approximate surface area is 199 Å². The summed E-state index contributed by atoms with van der Waals surface area (Å²) < 4.78 is 69.6. The number of nitrogens with one attached hydrogen (secondary N) is 1. The zero-order valence-corrected chi connectivity index (χ0v) is 19.4. The summed E-state index contributed by atoms with van der Waals surface area (Å²) in [7, 11) is -1.84. The monoisotopic (exact) mass is 506 g/mol. The largest absolute Gasteiger partial charge is 0.419 e. The van der Waals surface area contributed by atoms with Crippen LogP contribution in [-0.2, 0) is 28.5 Å². The standard InChI is InChI=1S/C24H18F4N2O2S2/c1-15(31)29-22-18-9-5-6-10-21(18)33-23(22)30(34(32)17-7-3-2-4-8-17)14-16-11-12-20(25)19(13-16)24(26,27)28/h2-13H,14H2,1H3,(H,29,31). The zero-order chi connectivity index (χ0) is 24.5. The number of thiophene rings is 1. The van der Waals surface area contributed by atoms with Crippen molar-refractivity contribution in [3.8, 4) is 0 Å². The van der Waals surface area contributed by atoms with Crippen LogP contribution in [0.15, 0.2) is 77.7 Å². The van der Waals surface area contributed by atoms with Crippen molar-refractivity contribution in [1.82, 2.24) is 0 Å². The molecule has 1 N–H and O–H groups in total. The van der Waals surface area contributed by atoms with Crippen LogP contribution >= 0.6 is 11.3 Å². The highest BCUT2D eigenvalue weighted by atomic mass is 32.2. The lowest BCUT2D eigenvalue weighted by Crippen LogP contribution is -2.26. The Hall–Kier alpha value is -3.24. The minimum atomic E-state index is -4.87. The van der Waals surface area contributed by atoms with Crippen LogP contribution in [0.3, 0.4) is 0 Å². The van der Waals surface area contributed by atoms with Crippen LogP contribution in [-0.4, -0.2) is 10.1 Å². The van der Waals surface area contributed by atoms with E-state index in [9.17, 15) is 26.6 Å². The summed E-state index contributed by atoms with van der Waals surface area (Å²) in [4.78, 5) is 12.4. The summed E-state index contributed by atoms with van der Waals surface area (Å²) in [5.74, 6) is -1.73. The van der Waals surface area contributed by atoms with E-state index in [4.69, 9.17) is 0 Å². The molecule has 1 heterocycles. The van der Waals surface area contributed by atoms with E-state index in [-0.39, 0.29) is 18.0 Å². The first-order valence-electron chi connectivity index (χ1n) is 10.0. The summed E-state index contributed by atoms with van der Waals surface area (Å²) in [6, 6.07) is 18.4. The molecule has 0 fully saturated rings. The molecule has 0 aliphatic heterocycles. The highest BCUT2D eigenvalue weighted by Crippen LogP contribution is 2.44. The number of rotatable bonds is 6. The van der Waals surface area contributed by atoms with Crippen LogP contribution in [0, 0.1) is 5.82 Å². The minimum Gasteiger partial charge on any atom is -0.323 e. The molecular weight excluding hydrogens is 488 g/mol. The fraction of sp³-hybridized carbons (Fsp3) is 0.125. The van der Waals surface area contributed by atoms with E-state index in [1.165, 1.54) is 28.6 Å². The Kier molecular flexibility index (Phi) is 6.72. The van der Waals surface area contributed by atoms with Crippen molar-refractivity contribution in [3.05, 3.63) is 89.7 Å². The molecule has 1 unspecified atom stereocenters. The van der Waals surface area contributed by atoms with Crippen molar-refractivity contribution in [1.29, 1.82) is 0 Å². The number of carbonyl (C=O) groups is 1. The maximum Gasteiger partial charge on any atom is 0.419 e. The number of carbonyl (C=O) groups excluding carboxylic acids is 1. The van der Waals surface area contributed by atoms with Gasteiger partial charge in [0.25, 0.3) is 0 Å². The summed E-state index contributed by atoms with van der Waals surface area (Å²) in [5, 5.41) is 3.89. The SMILES string of the molecule is CC(=O)Nc1c(N(Cc2ccc(F)c(C(F)(F)F)c2)S(=O)c2ccccc2)sc2ccccc12. The molecule has 1 aromatic heterocycles. The second-order valence-corrected chi connectivity index (χ2v) is 9.81. The molecule has 0 spiro atoms. The zero-order valence-electron chi connectivity index (χ0n) is 17.7. The smallest absolute Gasteiger partial charge is 0.323 e. The van der Waals surface area contributed by atoms with Crippen molar-refractivity contribution in [2.24, 2.45) is 0 Å². The number of hydrogen-bond donors (Lipinski definition) is 1. The molecule has 3 aromatic carbocycles. The van der Waals surface area contributed by atoms with E-state index in [1.807, 2.05) is 12.1 Å². The third-order valence-electron chi connectivity index (χ3n) is 4.91. The van der Waals surface area contributed by atoms with Crippen LogP contribution in [0.1, 0.15) is 18.1 Å². The fourth-order valence-corrected chi connectivity index (χ4v) is 5.96. The number of amides is 1. The molecule has 4 nitrogen and oxygen atoms in total. The van der Waals surface area contributed by atoms with Gasteiger partial charge in [0.2, 0.25) is 5.91 Å². The highest BCUT2D eigenvalue weighted by Gasteiger charge is 2.34. The average molecular weight is 507 g/mol. The molecule has 0 saturated heterocycles. The summed E-state index contributed by atoms with van der Waals surface area (Å²) in [5.41, 5.74) is -0.867. The van der Waals surface area contributed by atoms with E-state index < -0.39 is 28.5 Å². The van der Waals surface area contributed by atoms with Gasteiger partial charge in [0, 0.05) is 17.0 Å². The first-order valence-corrected chi connectivity index (χ1v) is 12.0. The minimum absolute atomic E-state index is 0.115. The topological polar surface area (TPSA) is 49.4 Å². The number of nitrogens with zero attached hydrogens (tertiary/aromatic N) is 1. The molecular formula is C24H18F4N2O2S2. The maximum atomic E-state index is 13.9. The van der Waals surface area contributed by atoms with Gasteiger partial charge < -0.3 is 5.32 Å². The van der Waals surface area contributed by atoms with Crippen LogP contribution in [0.4, 0.5) is 28.3 Å². The van der Waals surface area contributed by atoms with Gasteiger partial charge in [-0.3, -0.25) is 9.10 Å². The van der Waals surface area contributed by atoms with Crippen LogP contribution in [0.5, 0.6) is 0 Å². The van der Waals surface area contributed by atoms with Crippen molar-refractivity contribution in [2.45, 2.75) is 24.5 Å². The lowest BCUT2D eigenvalue weighted by Gasteiger charge is -2.24. The highest BCUT2D eigenvalue weighted by molar-refractivity contribution is 7.86. The van der Waals surface area contributed by atoms with Gasteiger partial charge in [-0.05, 0) is 35.9 Å². The number of anilines is 2. The molecule has 1 atom stereocenters. The van der Waals surface area contributed by atoms with Crippen molar-refractivity contribution >= 4 is 49.0 Å². The van der Waals surface area contributed by atoms with E-state index >= 15 is 0 Å². The van der Waals surface area contributed by atoms with Gasteiger partial charge in [0.1, 0.15) is 10.8 Å². The first-order chi connectivity index (χ1) is 16.1. The Morgan fingerprint density at radius 3 is 2.38 bits per heavy atom. The van der Waals surface area contributed by atoms with E-state index in [0.717, 1.165) is 16.8 Å². The predicted octanol–water partition coefficient (Wildman–Crippen LogP) is 6.75. The van der Waals surface area contributed by atoms with Gasteiger partial charge in [0.15, 0.2) is 11.0 Å². The van der Waals surface area contributed by atoms with Gasteiger partial charge in [-0.15, -0.1) is 11.3 Å². The predicted molar refractivity (Wildman–Crippen MR) is 127 cm³/mol. The van der Waals surface area contributed by atoms with E-state index in [1.54, 1.807) is 42.5 Å². The van der Waals surface area contributed by atoms with Gasteiger partial charge >= 0.3 is 6.18 Å². The summed E-state index contributed by atoms with van der Waals surface area (Å²) in [6.07, 6.45) is -4.87. The molecule has 176 valence electrons. The van der Waals surface area contributed by atoms with Crippen molar-refractivity contribution in [2.75, 3.05) is 9.62 Å². The Morgan fingerprint density at radius 2 is 1.71 bits per heavy atom. The molecule has 0 saturated carbocycles. The van der Waals surface area contributed by atoms with Gasteiger partial charge in [-0.1, -0.05) is 42.5 Å². The maximum absolute atomic E-state index is 13.9. The second-order valence-electron chi connectivity index (χ2n) is 7.37. The molecule has 0 bridgehead atoms. The van der Waals surface area contributed by atoms with E-state index in [0.29, 0.717) is 21.0 Å². The summed E-state index contributed by atoms with van der Waals surface area (Å²) in [6.45, 7) is 1.12. The van der Waals surface area contributed by atoms with E-state index in [2.05, 4.69) is 5.32 Å². The Bertz CT molecular complexity index is 1370. The van der Waals surface area contributed by atoms with Gasteiger partial charge in [0.05, 0.1) is 22.7 Å². The molecule has 10 heteroatoms. The third-order valence-corrected chi connectivity index (χ3v) is 7.61. The number of halogens is 4. The molecule has 0 aliphatic carbocycles. The van der Waals surface area contributed by atoms with Crippen molar-refractivity contribution < 1.29 is 26.6 Å². The molecule has 1 amide bonds. The van der Waals surface area contributed by atoms with Crippen LogP contribution in [0.2, 0.25) is 0 Å².